The van der Waals surface area contributed by atoms with Gasteiger partial charge in [-0.2, -0.15) is 0 Å². The second-order valence-electron chi connectivity index (χ2n) is 8.43. The van der Waals surface area contributed by atoms with E-state index in [0.717, 1.165) is 5.56 Å². The van der Waals surface area contributed by atoms with Gasteiger partial charge in [0.15, 0.2) is 11.9 Å². The molecule has 0 saturated heterocycles. The van der Waals surface area contributed by atoms with Gasteiger partial charge in [-0.1, -0.05) is 30.3 Å². The highest BCUT2D eigenvalue weighted by Gasteiger charge is 2.28. The number of carbonyl (C=O) groups is 4. The third-order valence-corrected chi connectivity index (χ3v) is 5.21. The minimum absolute atomic E-state index is 0.107. The topological polar surface area (TPSA) is 279 Å². The molecular formula is C23H38N10O5. The SMILES string of the molecule is NC(N)=NCCC[C@H](NC(=O)[C@H](CCCN=C(N)N)NC(=O)[C@@H](N)Cc1ccccc1)C(=O)NCC(=O)O. The smallest absolute Gasteiger partial charge is 0.322 e. The molecule has 0 bridgehead atoms. The number of hydrogen-bond acceptors (Lipinski definition) is 7. The fraction of sp³-hybridized carbons (Fsp3) is 0.478. The highest BCUT2D eigenvalue weighted by Crippen LogP contribution is 2.06. The van der Waals surface area contributed by atoms with Gasteiger partial charge in [-0.15, -0.1) is 0 Å². The van der Waals surface area contributed by atoms with E-state index in [-0.39, 0.29) is 44.3 Å². The Morgan fingerprint density at radius 1 is 0.789 bits per heavy atom. The number of hydrogen-bond donors (Lipinski definition) is 9. The molecule has 0 aliphatic heterocycles. The quantitative estimate of drug-likeness (QED) is 0.0549. The lowest BCUT2D eigenvalue weighted by Crippen LogP contribution is -2.56. The van der Waals surface area contributed by atoms with Crippen molar-refractivity contribution >= 4 is 35.6 Å². The van der Waals surface area contributed by atoms with Crippen LogP contribution in [0.4, 0.5) is 0 Å². The van der Waals surface area contributed by atoms with Gasteiger partial charge < -0.3 is 49.7 Å². The van der Waals surface area contributed by atoms with Gasteiger partial charge in [0, 0.05) is 13.1 Å². The Kier molecular flexibility index (Phi) is 14.3. The molecule has 15 heteroatoms. The molecule has 1 aromatic rings. The van der Waals surface area contributed by atoms with Crippen LogP contribution in [0, 0.1) is 0 Å². The maximum absolute atomic E-state index is 13.2. The normalized spacial score (nSPS) is 12.8. The molecule has 38 heavy (non-hydrogen) atoms. The van der Waals surface area contributed by atoms with E-state index in [1.807, 2.05) is 30.3 Å². The van der Waals surface area contributed by atoms with Crippen molar-refractivity contribution in [3.63, 3.8) is 0 Å². The maximum atomic E-state index is 13.2. The summed E-state index contributed by atoms with van der Waals surface area (Å²) in [5.41, 5.74) is 28.2. The average Bonchev–Trinajstić information content (AvgIpc) is 2.86. The monoisotopic (exact) mass is 534 g/mol. The number of nitrogens with one attached hydrogen (secondary N) is 3. The summed E-state index contributed by atoms with van der Waals surface area (Å²) in [6.07, 6.45) is 1.15. The first-order chi connectivity index (χ1) is 18.0. The van der Waals surface area contributed by atoms with Crippen LogP contribution in [0.25, 0.3) is 0 Å². The first-order valence-corrected chi connectivity index (χ1v) is 12.0. The van der Waals surface area contributed by atoms with Gasteiger partial charge in [0.2, 0.25) is 17.7 Å². The Balaban J connectivity index is 2.96. The molecule has 1 aromatic carbocycles. The Labute approximate surface area is 220 Å². The number of carboxylic acid groups (broad SMARTS) is 1. The zero-order valence-electron chi connectivity index (χ0n) is 21.1. The van der Waals surface area contributed by atoms with Crippen LogP contribution in [0.1, 0.15) is 31.2 Å². The van der Waals surface area contributed by atoms with E-state index in [2.05, 4.69) is 25.9 Å². The summed E-state index contributed by atoms with van der Waals surface area (Å²) in [5, 5.41) is 16.3. The second kappa shape index (κ2) is 17.1. The van der Waals surface area contributed by atoms with Gasteiger partial charge >= 0.3 is 5.97 Å². The van der Waals surface area contributed by atoms with E-state index in [1.54, 1.807) is 0 Å². The number of guanidine groups is 2. The molecule has 1 rings (SSSR count). The van der Waals surface area contributed by atoms with Gasteiger partial charge in [-0.25, -0.2) is 0 Å². The number of aliphatic imine (C=N–C) groups is 2. The standard InChI is InChI=1S/C23H38N10O5/c24-15(12-14-6-2-1-3-7-14)19(36)32-17(9-5-11-30-23(27)28)21(38)33-16(8-4-10-29-22(25)26)20(37)31-13-18(34)35/h1-3,6-7,15-17H,4-5,8-13,24H2,(H,31,37)(H,32,36)(H,33,38)(H,34,35)(H4,25,26,29)(H4,27,28,30)/t15-,16-,17-/m0/s1. The molecule has 0 fully saturated rings. The molecule has 210 valence electrons. The van der Waals surface area contributed by atoms with Crippen LogP contribution in [0.2, 0.25) is 0 Å². The highest BCUT2D eigenvalue weighted by molar-refractivity contribution is 5.93. The van der Waals surface area contributed by atoms with E-state index in [4.69, 9.17) is 33.8 Å². The van der Waals surface area contributed by atoms with Crippen molar-refractivity contribution in [1.82, 2.24) is 16.0 Å². The van der Waals surface area contributed by atoms with E-state index >= 15 is 0 Å². The Morgan fingerprint density at radius 3 is 1.79 bits per heavy atom. The number of benzene rings is 1. The van der Waals surface area contributed by atoms with Crippen molar-refractivity contribution < 1.29 is 24.3 Å². The van der Waals surface area contributed by atoms with Gasteiger partial charge in [0.1, 0.15) is 18.6 Å². The van der Waals surface area contributed by atoms with E-state index in [1.165, 1.54) is 0 Å². The van der Waals surface area contributed by atoms with Gasteiger partial charge in [0.05, 0.1) is 6.04 Å². The Morgan fingerprint density at radius 2 is 1.29 bits per heavy atom. The lowest BCUT2D eigenvalue weighted by atomic mass is 10.0. The number of nitrogens with two attached hydrogens (primary N) is 5. The average molecular weight is 535 g/mol. The number of carboxylic acids is 1. The van der Waals surface area contributed by atoms with Gasteiger partial charge in [0.25, 0.3) is 0 Å². The molecule has 0 heterocycles. The molecule has 0 aromatic heterocycles. The zero-order valence-corrected chi connectivity index (χ0v) is 21.1. The Bertz CT molecular complexity index is 978. The van der Waals surface area contributed by atoms with Crippen molar-refractivity contribution in [2.75, 3.05) is 19.6 Å². The lowest BCUT2D eigenvalue weighted by molar-refractivity contribution is -0.138. The summed E-state index contributed by atoms with van der Waals surface area (Å²) in [7, 11) is 0. The summed E-state index contributed by atoms with van der Waals surface area (Å²) in [4.78, 5) is 57.1. The van der Waals surface area contributed by atoms with Gasteiger partial charge in [-0.05, 0) is 37.7 Å². The van der Waals surface area contributed by atoms with Crippen molar-refractivity contribution in [2.45, 2.75) is 50.2 Å². The van der Waals surface area contributed by atoms with Crippen LogP contribution in [-0.2, 0) is 25.6 Å². The summed E-state index contributed by atoms with van der Waals surface area (Å²) in [5.74, 6) is -3.42. The molecule has 14 N–H and O–H groups in total. The molecule has 0 saturated carbocycles. The number of aliphatic carboxylic acids is 1. The molecule has 0 aliphatic carbocycles. The van der Waals surface area contributed by atoms with Crippen LogP contribution < -0.4 is 44.6 Å². The first kappa shape index (κ1) is 31.6. The van der Waals surface area contributed by atoms with Crippen LogP contribution in [-0.4, -0.2) is 78.5 Å². The molecule has 0 unspecified atom stereocenters. The predicted octanol–water partition coefficient (Wildman–Crippen LogP) is -3.17. The summed E-state index contributed by atoms with van der Waals surface area (Å²) >= 11 is 0. The number of rotatable bonds is 17. The van der Waals surface area contributed by atoms with Crippen molar-refractivity contribution in [3.8, 4) is 0 Å². The van der Waals surface area contributed by atoms with Gasteiger partial charge in [-0.3, -0.25) is 29.2 Å². The van der Waals surface area contributed by atoms with Crippen LogP contribution in [0.5, 0.6) is 0 Å². The first-order valence-electron chi connectivity index (χ1n) is 12.0. The number of amides is 3. The summed E-state index contributed by atoms with van der Waals surface area (Å²) in [6, 6.07) is 6.04. The van der Waals surface area contributed by atoms with Crippen molar-refractivity contribution in [1.29, 1.82) is 0 Å². The van der Waals surface area contributed by atoms with E-state index in [9.17, 15) is 19.2 Å². The van der Waals surface area contributed by atoms with E-state index in [0.29, 0.717) is 12.8 Å². The lowest BCUT2D eigenvalue weighted by Gasteiger charge is -2.24. The third kappa shape index (κ3) is 13.6. The number of nitrogens with zero attached hydrogens (tertiary/aromatic N) is 2. The molecule has 3 amide bonds. The van der Waals surface area contributed by atoms with Crippen LogP contribution in [0.3, 0.4) is 0 Å². The highest BCUT2D eigenvalue weighted by atomic mass is 16.4. The molecule has 3 atom stereocenters. The fourth-order valence-corrected chi connectivity index (χ4v) is 3.34. The van der Waals surface area contributed by atoms with Crippen molar-refractivity contribution in [3.05, 3.63) is 35.9 Å². The molecular weight excluding hydrogens is 496 g/mol. The molecule has 0 radical (unpaired) electrons. The second-order valence-corrected chi connectivity index (χ2v) is 8.43. The largest absolute Gasteiger partial charge is 0.480 e. The number of carbonyl (C=O) groups excluding carboxylic acids is 3. The molecule has 0 aliphatic rings. The molecule has 15 nitrogen and oxygen atoms in total. The third-order valence-electron chi connectivity index (χ3n) is 5.21. The maximum Gasteiger partial charge on any atom is 0.322 e. The summed E-state index contributed by atoms with van der Waals surface area (Å²) in [6.45, 7) is -0.237. The van der Waals surface area contributed by atoms with Crippen LogP contribution >= 0.6 is 0 Å². The van der Waals surface area contributed by atoms with E-state index < -0.39 is 48.4 Å². The van der Waals surface area contributed by atoms with Crippen LogP contribution in [0.15, 0.2) is 40.3 Å². The fourth-order valence-electron chi connectivity index (χ4n) is 3.34. The summed E-state index contributed by atoms with van der Waals surface area (Å²) < 4.78 is 0. The zero-order chi connectivity index (χ0) is 28.5. The predicted molar refractivity (Wildman–Crippen MR) is 142 cm³/mol. The minimum Gasteiger partial charge on any atom is -0.480 e. The van der Waals surface area contributed by atoms with Crippen molar-refractivity contribution in [2.24, 2.45) is 38.7 Å². The molecule has 0 spiro atoms. The minimum atomic E-state index is -1.25. The Hall–Kier alpha value is -4.40.